The number of aromatic nitrogens is 1. The molecule has 1 amide bonds. The maximum absolute atomic E-state index is 11.7. The molecule has 3 N–H and O–H groups in total. The average Bonchev–Trinajstić information content (AvgIpc) is 2.74. The third-order valence-corrected chi connectivity index (χ3v) is 2.64. The predicted octanol–water partition coefficient (Wildman–Crippen LogP) is 0.601. The number of hydrogen-bond acceptors (Lipinski definition) is 3. The van der Waals surface area contributed by atoms with Crippen LogP contribution in [0.15, 0.2) is 36.7 Å². The minimum Gasteiger partial charge on any atom is -0.351 e. The van der Waals surface area contributed by atoms with Crippen LogP contribution in [0.2, 0.25) is 0 Å². The second-order valence-electron chi connectivity index (χ2n) is 3.97. The molecule has 0 saturated carbocycles. The van der Waals surface area contributed by atoms with Crippen molar-refractivity contribution < 1.29 is 4.79 Å². The summed E-state index contributed by atoms with van der Waals surface area (Å²) in [5.41, 5.74) is 6.70. The van der Waals surface area contributed by atoms with Gasteiger partial charge in [0.05, 0.1) is 5.92 Å². The fourth-order valence-electron chi connectivity index (χ4n) is 1.74. The molecule has 4 heteroatoms. The second kappa shape index (κ2) is 4.90. The summed E-state index contributed by atoms with van der Waals surface area (Å²) in [5, 5.41) is 2.88. The summed E-state index contributed by atoms with van der Waals surface area (Å²) >= 11 is 0. The van der Waals surface area contributed by atoms with Gasteiger partial charge in [0.1, 0.15) is 0 Å². The molecule has 0 fully saturated rings. The quantitative estimate of drug-likeness (QED) is 0.728. The van der Waals surface area contributed by atoms with Crippen molar-refractivity contribution in [2.45, 2.75) is 19.0 Å². The molecule has 1 aromatic heterocycles. The molecule has 1 heterocycles. The molecule has 0 bridgehead atoms. The lowest BCUT2D eigenvalue weighted by Crippen LogP contribution is -2.30. The zero-order valence-electron chi connectivity index (χ0n) is 8.97. The lowest BCUT2D eigenvalue weighted by Gasteiger charge is -2.10. The van der Waals surface area contributed by atoms with Crippen molar-refractivity contribution in [3.8, 4) is 0 Å². The van der Waals surface area contributed by atoms with E-state index in [1.807, 2.05) is 24.3 Å². The van der Waals surface area contributed by atoms with Crippen molar-refractivity contribution >= 4 is 5.91 Å². The number of amides is 1. The van der Waals surface area contributed by atoms with E-state index in [1.165, 1.54) is 0 Å². The Balaban J connectivity index is 1.83. The Labute approximate surface area is 94.6 Å². The number of nitrogens with two attached hydrogens (primary N) is 1. The molecule has 2 unspecified atom stereocenters. The third kappa shape index (κ3) is 2.67. The Bertz CT molecular complexity index is 389. The fraction of sp³-hybridized carbons (Fsp3) is 0.333. The van der Waals surface area contributed by atoms with Crippen molar-refractivity contribution in [2.24, 2.45) is 11.7 Å². The highest BCUT2D eigenvalue weighted by atomic mass is 16.1. The van der Waals surface area contributed by atoms with E-state index in [4.69, 9.17) is 5.73 Å². The largest absolute Gasteiger partial charge is 0.351 e. The summed E-state index contributed by atoms with van der Waals surface area (Å²) in [7, 11) is 0. The van der Waals surface area contributed by atoms with Crippen LogP contribution in [0.25, 0.3) is 0 Å². The first-order valence-corrected chi connectivity index (χ1v) is 5.36. The molecule has 1 aliphatic rings. The summed E-state index contributed by atoms with van der Waals surface area (Å²) in [5.74, 6) is -0.0419. The Hall–Kier alpha value is -1.68. The molecule has 1 aromatic rings. The van der Waals surface area contributed by atoms with E-state index in [0.29, 0.717) is 13.0 Å². The van der Waals surface area contributed by atoms with Gasteiger partial charge in [-0.05, 0) is 18.1 Å². The van der Waals surface area contributed by atoms with Crippen LogP contribution in [0, 0.1) is 5.92 Å². The van der Waals surface area contributed by atoms with Gasteiger partial charge in [0, 0.05) is 25.0 Å². The Morgan fingerprint density at radius 2 is 2.44 bits per heavy atom. The molecule has 0 radical (unpaired) electrons. The summed E-state index contributed by atoms with van der Waals surface area (Å²) in [6.45, 7) is 0.520. The zero-order chi connectivity index (χ0) is 11.4. The Morgan fingerprint density at radius 3 is 3.06 bits per heavy atom. The summed E-state index contributed by atoms with van der Waals surface area (Å²) in [6, 6.07) is 3.81. The molecule has 0 aromatic carbocycles. The van der Waals surface area contributed by atoms with Crippen molar-refractivity contribution in [1.82, 2.24) is 10.3 Å². The minimum atomic E-state index is -0.0772. The van der Waals surface area contributed by atoms with E-state index in [-0.39, 0.29) is 17.9 Å². The molecular weight excluding hydrogens is 202 g/mol. The van der Waals surface area contributed by atoms with E-state index in [9.17, 15) is 4.79 Å². The van der Waals surface area contributed by atoms with E-state index in [1.54, 1.807) is 12.4 Å². The van der Waals surface area contributed by atoms with Crippen molar-refractivity contribution in [3.05, 3.63) is 42.2 Å². The van der Waals surface area contributed by atoms with E-state index >= 15 is 0 Å². The van der Waals surface area contributed by atoms with Crippen LogP contribution in [0.5, 0.6) is 0 Å². The number of rotatable bonds is 3. The standard InChI is InChI=1S/C12H15N3O/c13-11-4-3-10(6-11)12(16)15-8-9-2-1-5-14-7-9/h1-5,7,10-11H,6,8,13H2,(H,15,16). The van der Waals surface area contributed by atoms with Crippen LogP contribution >= 0.6 is 0 Å². The highest BCUT2D eigenvalue weighted by Crippen LogP contribution is 2.16. The van der Waals surface area contributed by atoms with Gasteiger partial charge in [0.15, 0.2) is 0 Å². The summed E-state index contributed by atoms with van der Waals surface area (Å²) in [4.78, 5) is 15.7. The summed E-state index contributed by atoms with van der Waals surface area (Å²) in [6.07, 6.45) is 7.93. The SMILES string of the molecule is NC1C=CC(C(=O)NCc2cccnc2)C1. The fourth-order valence-corrected chi connectivity index (χ4v) is 1.74. The predicted molar refractivity (Wildman–Crippen MR) is 61.3 cm³/mol. The van der Waals surface area contributed by atoms with Gasteiger partial charge >= 0.3 is 0 Å². The number of carbonyl (C=O) groups is 1. The first-order valence-electron chi connectivity index (χ1n) is 5.36. The summed E-state index contributed by atoms with van der Waals surface area (Å²) < 4.78 is 0. The van der Waals surface area contributed by atoms with Crippen LogP contribution in [0.3, 0.4) is 0 Å². The number of pyridine rings is 1. The average molecular weight is 217 g/mol. The van der Waals surface area contributed by atoms with E-state index < -0.39 is 0 Å². The van der Waals surface area contributed by atoms with Gasteiger partial charge in [-0.3, -0.25) is 9.78 Å². The van der Waals surface area contributed by atoms with Crippen molar-refractivity contribution in [1.29, 1.82) is 0 Å². The molecule has 16 heavy (non-hydrogen) atoms. The second-order valence-corrected chi connectivity index (χ2v) is 3.97. The van der Waals surface area contributed by atoms with Gasteiger partial charge in [-0.15, -0.1) is 0 Å². The maximum Gasteiger partial charge on any atom is 0.227 e. The van der Waals surface area contributed by atoms with Gasteiger partial charge in [-0.2, -0.15) is 0 Å². The lowest BCUT2D eigenvalue weighted by molar-refractivity contribution is -0.123. The highest BCUT2D eigenvalue weighted by Gasteiger charge is 2.22. The number of nitrogens with zero attached hydrogens (tertiary/aromatic N) is 1. The van der Waals surface area contributed by atoms with Crippen LogP contribution < -0.4 is 11.1 Å². The molecule has 2 atom stereocenters. The lowest BCUT2D eigenvalue weighted by atomic mass is 10.1. The topological polar surface area (TPSA) is 68.0 Å². The highest BCUT2D eigenvalue weighted by molar-refractivity contribution is 5.81. The van der Waals surface area contributed by atoms with Crippen LogP contribution in [-0.2, 0) is 11.3 Å². The first kappa shape index (κ1) is 10.8. The van der Waals surface area contributed by atoms with Crippen LogP contribution in [0.1, 0.15) is 12.0 Å². The molecule has 1 aliphatic carbocycles. The molecular formula is C12H15N3O. The van der Waals surface area contributed by atoms with Gasteiger partial charge < -0.3 is 11.1 Å². The third-order valence-electron chi connectivity index (χ3n) is 2.64. The zero-order valence-corrected chi connectivity index (χ0v) is 8.97. The van der Waals surface area contributed by atoms with Crippen molar-refractivity contribution in [3.63, 3.8) is 0 Å². The molecule has 0 spiro atoms. The minimum absolute atomic E-state index is 0.0224. The molecule has 4 nitrogen and oxygen atoms in total. The van der Waals surface area contributed by atoms with Gasteiger partial charge in [-0.25, -0.2) is 0 Å². The Morgan fingerprint density at radius 1 is 1.56 bits per heavy atom. The Kier molecular flexibility index (Phi) is 3.31. The normalized spacial score (nSPS) is 23.3. The van der Waals surface area contributed by atoms with Gasteiger partial charge in [0.2, 0.25) is 5.91 Å². The monoisotopic (exact) mass is 217 g/mol. The van der Waals surface area contributed by atoms with Gasteiger partial charge in [0.25, 0.3) is 0 Å². The first-order chi connectivity index (χ1) is 7.75. The number of hydrogen-bond donors (Lipinski definition) is 2. The van der Waals surface area contributed by atoms with E-state index in [0.717, 1.165) is 5.56 Å². The van der Waals surface area contributed by atoms with E-state index in [2.05, 4.69) is 10.3 Å². The van der Waals surface area contributed by atoms with Crippen LogP contribution in [0.4, 0.5) is 0 Å². The molecule has 0 saturated heterocycles. The number of carbonyl (C=O) groups excluding carboxylic acids is 1. The number of nitrogens with one attached hydrogen (secondary N) is 1. The molecule has 2 rings (SSSR count). The van der Waals surface area contributed by atoms with Gasteiger partial charge in [-0.1, -0.05) is 18.2 Å². The van der Waals surface area contributed by atoms with Crippen molar-refractivity contribution in [2.75, 3.05) is 0 Å². The maximum atomic E-state index is 11.7. The smallest absolute Gasteiger partial charge is 0.227 e. The molecule has 0 aliphatic heterocycles. The van der Waals surface area contributed by atoms with Crippen LogP contribution in [-0.4, -0.2) is 16.9 Å². The molecule has 84 valence electrons.